The van der Waals surface area contributed by atoms with Gasteiger partial charge in [-0.1, -0.05) is 0 Å². The summed E-state index contributed by atoms with van der Waals surface area (Å²) in [7, 11) is 0. The number of anilines is 1. The van der Waals surface area contributed by atoms with E-state index in [4.69, 9.17) is 4.74 Å². The van der Waals surface area contributed by atoms with E-state index in [9.17, 15) is 14.4 Å². The molecule has 0 aliphatic heterocycles. The summed E-state index contributed by atoms with van der Waals surface area (Å²) < 4.78 is 9.50. The maximum absolute atomic E-state index is 11.4. The second-order valence-corrected chi connectivity index (χ2v) is 3.95. The van der Waals surface area contributed by atoms with E-state index in [-0.39, 0.29) is 13.0 Å². The molecule has 114 valence electrons. The van der Waals surface area contributed by atoms with Crippen LogP contribution in [0.4, 0.5) is 5.69 Å². The molecule has 2 N–H and O–H groups in total. The Balaban J connectivity index is 2.44. The molecule has 0 fully saturated rings. The van der Waals surface area contributed by atoms with Crippen molar-refractivity contribution in [2.45, 2.75) is 20.3 Å². The average Bonchev–Trinajstić information content (AvgIpc) is 2.46. The number of hydrazine groups is 1. The van der Waals surface area contributed by atoms with Gasteiger partial charge in [-0.3, -0.25) is 20.4 Å². The number of carbonyl (C=O) groups is 3. The first-order valence-corrected chi connectivity index (χ1v) is 6.54. The molecule has 1 rings (SSSR count). The van der Waals surface area contributed by atoms with Crippen molar-refractivity contribution in [3.05, 3.63) is 29.8 Å². The van der Waals surface area contributed by atoms with E-state index < -0.39 is 17.8 Å². The molecular weight excluding hydrogens is 276 g/mol. The number of hydrogen-bond acceptors (Lipinski definition) is 6. The van der Waals surface area contributed by atoms with Crippen molar-refractivity contribution in [3.8, 4) is 0 Å². The van der Waals surface area contributed by atoms with Gasteiger partial charge in [-0.2, -0.15) is 0 Å². The van der Waals surface area contributed by atoms with Gasteiger partial charge in [0.15, 0.2) is 0 Å². The fourth-order valence-corrected chi connectivity index (χ4v) is 1.43. The smallest absolute Gasteiger partial charge is 0.338 e. The molecule has 0 unspecified atom stereocenters. The third-order valence-corrected chi connectivity index (χ3v) is 2.35. The minimum absolute atomic E-state index is 0.231. The summed E-state index contributed by atoms with van der Waals surface area (Å²) in [5.74, 6) is -1.51. The van der Waals surface area contributed by atoms with Crippen LogP contribution < -0.4 is 10.9 Å². The van der Waals surface area contributed by atoms with Crippen LogP contribution in [-0.2, 0) is 19.1 Å². The van der Waals surface area contributed by atoms with Gasteiger partial charge in [0.1, 0.15) is 6.42 Å². The van der Waals surface area contributed by atoms with Gasteiger partial charge in [-0.25, -0.2) is 4.79 Å². The minimum atomic E-state index is -0.588. The predicted octanol–water partition coefficient (Wildman–Crippen LogP) is 1.26. The Morgan fingerprint density at radius 2 is 1.62 bits per heavy atom. The molecule has 0 saturated heterocycles. The molecule has 21 heavy (non-hydrogen) atoms. The molecule has 0 heterocycles. The quantitative estimate of drug-likeness (QED) is 0.447. The largest absolute Gasteiger partial charge is 0.466 e. The maximum atomic E-state index is 11.4. The Hall–Kier alpha value is -2.57. The summed E-state index contributed by atoms with van der Waals surface area (Å²) in [6.07, 6.45) is -0.359. The van der Waals surface area contributed by atoms with E-state index in [1.807, 2.05) is 0 Å². The van der Waals surface area contributed by atoms with Crippen LogP contribution in [0.3, 0.4) is 0 Å². The fraction of sp³-hybridized carbons (Fsp3) is 0.357. The predicted molar refractivity (Wildman–Crippen MR) is 75.4 cm³/mol. The SMILES string of the molecule is CCOC(=O)CC(=O)NNc1ccc(C(=O)OCC)cc1. The van der Waals surface area contributed by atoms with Gasteiger partial charge in [0.05, 0.1) is 24.5 Å². The normalized spacial score (nSPS) is 9.62. The molecule has 0 radical (unpaired) electrons. The molecule has 0 saturated carbocycles. The molecule has 0 aliphatic rings. The van der Waals surface area contributed by atoms with E-state index in [0.717, 1.165) is 0 Å². The Kier molecular flexibility index (Phi) is 6.73. The van der Waals surface area contributed by atoms with Gasteiger partial charge < -0.3 is 9.47 Å². The summed E-state index contributed by atoms with van der Waals surface area (Å²) in [5.41, 5.74) is 5.97. The summed E-state index contributed by atoms with van der Waals surface area (Å²) in [4.78, 5) is 33.9. The Bertz CT molecular complexity index is 499. The molecule has 0 spiro atoms. The number of ether oxygens (including phenoxy) is 2. The highest BCUT2D eigenvalue weighted by Gasteiger charge is 2.10. The first-order chi connectivity index (χ1) is 10.1. The average molecular weight is 294 g/mol. The van der Waals surface area contributed by atoms with Crippen molar-refractivity contribution >= 4 is 23.5 Å². The zero-order chi connectivity index (χ0) is 15.7. The second kappa shape index (κ2) is 8.57. The molecule has 0 bridgehead atoms. The van der Waals surface area contributed by atoms with Crippen LogP contribution in [-0.4, -0.2) is 31.1 Å². The third kappa shape index (κ3) is 5.94. The number of nitrogens with one attached hydrogen (secondary N) is 2. The van der Waals surface area contributed by atoms with Crippen LogP contribution in [0, 0.1) is 0 Å². The molecule has 1 amide bonds. The van der Waals surface area contributed by atoms with Crippen molar-refractivity contribution in [3.63, 3.8) is 0 Å². The number of carbonyl (C=O) groups excluding carboxylic acids is 3. The van der Waals surface area contributed by atoms with Gasteiger partial charge in [-0.05, 0) is 38.1 Å². The van der Waals surface area contributed by atoms with E-state index in [0.29, 0.717) is 17.9 Å². The molecule has 1 aromatic carbocycles. The lowest BCUT2D eigenvalue weighted by Gasteiger charge is -2.09. The maximum Gasteiger partial charge on any atom is 0.338 e. The highest BCUT2D eigenvalue weighted by molar-refractivity contribution is 5.94. The molecule has 0 aliphatic carbocycles. The lowest BCUT2D eigenvalue weighted by atomic mass is 10.2. The Labute approximate surface area is 122 Å². The number of esters is 2. The molecule has 0 atom stereocenters. The highest BCUT2D eigenvalue weighted by atomic mass is 16.5. The molecular formula is C14H18N2O5. The molecule has 1 aromatic rings. The van der Waals surface area contributed by atoms with Gasteiger partial charge >= 0.3 is 11.9 Å². The zero-order valence-electron chi connectivity index (χ0n) is 12.0. The summed E-state index contributed by atoms with van der Waals surface area (Å²) in [6, 6.07) is 6.35. The van der Waals surface area contributed by atoms with Crippen LogP contribution in [0.15, 0.2) is 24.3 Å². The first kappa shape index (κ1) is 16.5. The standard InChI is InChI=1S/C14H18N2O5/c1-3-20-13(18)9-12(17)16-15-11-7-5-10(6-8-11)14(19)21-4-2/h5-8,15H,3-4,9H2,1-2H3,(H,16,17). The lowest BCUT2D eigenvalue weighted by Crippen LogP contribution is -2.31. The third-order valence-electron chi connectivity index (χ3n) is 2.35. The topological polar surface area (TPSA) is 93.7 Å². The van der Waals surface area contributed by atoms with Crippen molar-refractivity contribution in [2.75, 3.05) is 18.6 Å². The van der Waals surface area contributed by atoms with Crippen LogP contribution in [0.1, 0.15) is 30.6 Å². The molecule has 0 aromatic heterocycles. The van der Waals surface area contributed by atoms with Crippen LogP contribution >= 0.6 is 0 Å². The van der Waals surface area contributed by atoms with Crippen LogP contribution in [0.2, 0.25) is 0 Å². The minimum Gasteiger partial charge on any atom is -0.466 e. The van der Waals surface area contributed by atoms with Crippen molar-refractivity contribution < 1.29 is 23.9 Å². The first-order valence-electron chi connectivity index (χ1n) is 6.54. The van der Waals surface area contributed by atoms with Crippen LogP contribution in [0.25, 0.3) is 0 Å². The number of hydrogen-bond donors (Lipinski definition) is 2. The zero-order valence-corrected chi connectivity index (χ0v) is 12.0. The van der Waals surface area contributed by atoms with Gasteiger partial charge in [0.2, 0.25) is 5.91 Å². The van der Waals surface area contributed by atoms with Crippen molar-refractivity contribution in [1.82, 2.24) is 5.43 Å². The Morgan fingerprint density at radius 1 is 1.00 bits per heavy atom. The van der Waals surface area contributed by atoms with Crippen molar-refractivity contribution in [2.24, 2.45) is 0 Å². The lowest BCUT2D eigenvalue weighted by molar-refractivity contribution is -0.145. The van der Waals surface area contributed by atoms with E-state index >= 15 is 0 Å². The van der Waals surface area contributed by atoms with Crippen molar-refractivity contribution in [1.29, 1.82) is 0 Å². The monoisotopic (exact) mass is 294 g/mol. The second-order valence-electron chi connectivity index (χ2n) is 3.95. The van der Waals surface area contributed by atoms with Gasteiger partial charge in [0.25, 0.3) is 0 Å². The van der Waals surface area contributed by atoms with E-state index in [1.165, 1.54) is 0 Å². The number of rotatable bonds is 7. The van der Waals surface area contributed by atoms with Gasteiger partial charge in [-0.15, -0.1) is 0 Å². The summed E-state index contributed by atoms with van der Waals surface area (Å²) >= 11 is 0. The molecule has 7 heteroatoms. The van der Waals surface area contributed by atoms with E-state index in [2.05, 4.69) is 15.6 Å². The number of amides is 1. The van der Waals surface area contributed by atoms with Gasteiger partial charge in [0, 0.05) is 0 Å². The molecule has 7 nitrogen and oxygen atoms in total. The van der Waals surface area contributed by atoms with E-state index in [1.54, 1.807) is 38.1 Å². The van der Waals surface area contributed by atoms with Crippen LogP contribution in [0.5, 0.6) is 0 Å². The fourth-order valence-electron chi connectivity index (χ4n) is 1.43. The highest BCUT2D eigenvalue weighted by Crippen LogP contribution is 2.09. The summed E-state index contributed by atoms with van der Waals surface area (Å²) in [5, 5.41) is 0. The summed E-state index contributed by atoms with van der Waals surface area (Å²) in [6.45, 7) is 3.93. The number of benzene rings is 1. The Morgan fingerprint density at radius 3 is 2.19 bits per heavy atom.